The van der Waals surface area contributed by atoms with Crippen LogP contribution in [0.2, 0.25) is 0 Å². The van der Waals surface area contributed by atoms with E-state index in [1.165, 1.54) is 14.0 Å². The van der Waals surface area contributed by atoms with E-state index < -0.39 is 26.9 Å². The summed E-state index contributed by atoms with van der Waals surface area (Å²) in [5.74, 6) is -1.40. The Morgan fingerprint density at radius 3 is 2.44 bits per heavy atom. The van der Waals surface area contributed by atoms with E-state index in [4.69, 9.17) is 0 Å². The summed E-state index contributed by atoms with van der Waals surface area (Å²) in [6.45, 7) is 2.99. The predicted octanol–water partition coefficient (Wildman–Crippen LogP) is 0.730. The summed E-state index contributed by atoms with van der Waals surface area (Å²) in [7, 11) is -2.91. The smallest absolute Gasteiger partial charge is 0.325 e. The van der Waals surface area contributed by atoms with Crippen molar-refractivity contribution in [1.82, 2.24) is 15.5 Å². The fraction of sp³-hybridized carbons (Fsp3) is 0.267. The monoisotopic (exact) mass is 366 g/mol. The van der Waals surface area contributed by atoms with Crippen molar-refractivity contribution in [3.8, 4) is 0 Å². The second-order valence-corrected chi connectivity index (χ2v) is 6.86. The highest BCUT2D eigenvalue weighted by Crippen LogP contribution is 2.20. The second-order valence-electron chi connectivity index (χ2n) is 5.26. The van der Waals surface area contributed by atoms with Gasteiger partial charge < -0.3 is 10.1 Å². The lowest BCUT2D eigenvalue weighted by molar-refractivity contribution is -0.139. The molecule has 9 nitrogen and oxygen atoms in total. The number of sulfonamides is 1. The lowest BCUT2D eigenvalue weighted by Gasteiger charge is -2.09. The molecule has 0 aliphatic rings. The Morgan fingerprint density at radius 1 is 1.20 bits per heavy atom. The van der Waals surface area contributed by atoms with E-state index >= 15 is 0 Å². The van der Waals surface area contributed by atoms with Crippen LogP contribution in [-0.2, 0) is 19.6 Å². The molecule has 0 radical (unpaired) electrons. The fourth-order valence-electron chi connectivity index (χ4n) is 2.01. The zero-order valence-corrected chi connectivity index (χ0v) is 14.7. The maximum absolute atomic E-state index is 12.6. The predicted molar refractivity (Wildman–Crippen MR) is 89.7 cm³/mol. The SMILES string of the molecule is COC(=O)CNC(=O)c1c(S(=O)(=O)Nc2ccc(C)cc2)n[nH]c1C. The van der Waals surface area contributed by atoms with E-state index in [0.29, 0.717) is 5.69 Å². The second kappa shape index (κ2) is 7.34. The lowest BCUT2D eigenvalue weighted by atomic mass is 10.2. The quantitative estimate of drug-likeness (QED) is 0.646. The summed E-state index contributed by atoms with van der Waals surface area (Å²) in [5.41, 5.74) is 1.41. The van der Waals surface area contributed by atoms with Gasteiger partial charge in [0.2, 0.25) is 5.03 Å². The first-order valence-electron chi connectivity index (χ1n) is 7.24. The normalized spacial score (nSPS) is 11.0. The van der Waals surface area contributed by atoms with Gasteiger partial charge in [-0.2, -0.15) is 13.5 Å². The highest BCUT2D eigenvalue weighted by atomic mass is 32.2. The average molecular weight is 366 g/mol. The number of hydrogen-bond donors (Lipinski definition) is 3. The van der Waals surface area contributed by atoms with Crippen molar-refractivity contribution in [3.63, 3.8) is 0 Å². The number of esters is 1. The number of nitrogens with zero attached hydrogens (tertiary/aromatic N) is 1. The molecule has 1 aromatic heterocycles. The molecular weight excluding hydrogens is 348 g/mol. The number of aromatic amines is 1. The number of hydrogen-bond acceptors (Lipinski definition) is 6. The maximum atomic E-state index is 12.6. The average Bonchev–Trinajstić information content (AvgIpc) is 2.97. The van der Waals surface area contributed by atoms with Crippen molar-refractivity contribution in [3.05, 3.63) is 41.1 Å². The van der Waals surface area contributed by atoms with E-state index in [1.807, 2.05) is 6.92 Å². The van der Waals surface area contributed by atoms with Crippen LogP contribution >= 0.6 is 0 Å². The number of amides is 1. The number of nitrogens with one attached hydrogen (secondary N) is 3. The van der Waals surface area contributed by atoms with E-state index in [0.717, 1.165) is 5.56 Å². The number of benzene rings is 1. The van der Waals surface area contributed by atoms with Crippen LogP contribution in [0.25, 0.3) is 0 Å². The highest BCUT2D eigenvalue weighted by molar-refractivity contribution is 7.92. The van der Waals surface area contributed by atoms with Gasteiger partial charge in [-0.05, 0) is 26.0 Å². The Balaban J connectivity index is 2.28. The molecule has 0 fully saturated rings. The molecule has 0 aliphatic carbocycles. The first kappa shape index (κ1) is 18.5. The van der Waals surface area contributed by atoms with E-state index in [1.54, 1.807) is 24.3 Å². The van der Waals surface area contributed by atoms with Gasteiger partial charge in [0.15, 0.2) is 0 Å². The van der Waals surface area contributed by atoms with Gasteiger partial charge in [-0.3, -0.25) is 19.4 Å². The third kappa shape index (κ3) is 4.35. The third-order valence-corrected chi connectivity index (χ3v) is 4.63. The third-order valence-electron chi connectivity index (χ3n) is 3.32. The molecule has 0 aliphatic heterocycles. The minimum atomic E-state index is -4.09. The number of carbonyl (C=O) groups excluding carboxylic acids is 2. The first-order valence-corrected chi connectivity index (χ1v) is 8.72. The zero-order valence-electron chi connectivity index (χ0n) is 13.9. The Kier molecular flexibility index (Phi) is 5.42. The van der Waals surface area contributed by atoms with Gasteiger partial charge in [0.25, 0.3) is 15.9 Å². The molecule has 25 heavy (non-hydrogen) atoms. The molecule has 1 heterocycles. The van der Waals surface area contributed by atoms with E-state index in [-0.39, 0.29) is 17.8 Å². The molecule has 10 heteroatoms. The summed E-state index contributed by atoms with van der Waals surface area (Å²) in [6.07, 6.45) is 0. The Labute approximate surface area is 144 Å². The number of rotatable bonds is 6. The van der Waals surface area contributed by atoms with E-state index in [9.17, 15) is 18.0 Å². The van der Waals surface area contributed by atoms with Crippen molar-refractivity contribution in [1.29, 1.82) is 0 Å². The van der Waals surface area contributed by atoms with Gasteiger partial charge in [-0.25, -0.2) is 0 Å². The van der Waals surface area contributed by atoms with Gasteiger partial charge in [-0.1, -0.05) is 17.7 Å². The van der Waals surface area contributed by atoms with Gasteiger partial charge in [-0.15, -0.1) is 0 Å². The van der Waals surface area contributed by atoms with Crippen LogP contribution in [0.5, 0.6) is 0 Å². The Hall–Kier alpha value is -2.88. The first-order chi connectivity index (χ1) is 11.7. The topological polar surface area (TPSA) is 130 Å². The van der Waals surface area contributed by atoms with Crippen LogP contribution in [0.15, 0.2) is 29.3 Å². The molecule has 134 valence electrons. The molecule has 0 spiro atoms. The van der Waals surface area contributed by atoms with Crippen LogP contribution in [-0.4, -0.2) is 44.1 Å². The van der Waals surface area contributed by atoms with Gasteiger partial charge in [0, 0.05) is 11.4 Å². The number of ether oxygens (including phenoxy) is 1. The number of anilines is 1. The molecule has 1 aromatic carbocycles. The van der Waals surface area contributed by atoms with Crippen molar-refractivity contribution >= 4 is 27.6 Å². The Bertz CT molecular complexity index is 887. The molecule has 0 saturated carbocycles. The van der Waals surface area contributed by atoms with Crippen molar-refractivity contribution in [2.24, 2.45) is 0 Å². The molecular formula is C15H18N4O5S. The van der Waals surface area contributed by atoms with Crippen molar-refractivity contribution in [2.45, 2.75) is 18.9 Å². The summed E-state index contributed by atoms with van der Waals surface area (Å²) in [6, 6.07) is 6.70. The summed E-state index contributed by atoms with van der Waals surface area (Å²) < 4.78 is 31.9. The van der Waals surface area contributed by atoms with Crippen LogP contribution in [0.1, 0.15) is 21.6 Å². The number of aromatic nitrogens is 2. The van der Waals surface area contributed by atoms with Gasteiger partial charge in [0.1, 0.15) is 12.1 Å². The van der Waals surface area contributed by atoms with Crippen LogP contribution in [0.3, 0.4) is 0 Å². The van der Waals surface area contributed by atoms with Crippen LogP contribution in [0.4, 0.5) is 5.69 Å². The summed E-state index contributed by atoms with van der Waals surface area (Å²) >= 11 is 0. The van der Waals surface area contributed by atoms with Crippen LogP contribution in [0, 0.1) is 13.8 Å². The standard InChI is InChI=1S/C15H18N4O5S/c1-9-4-6-11(7-5-9)19-25(22,23)15-13(10(2)17-18-15)14(21)16-8-12(20)24-3/h4-7,19H,8H2,1-3H3,(H,16,21)(H,17,18). The number of methoxy groups -OCH3 is 1. The molecule has 1 amide bonds. The molecule has 0 atom stereocenters. The summed E-state index contributed by atoms with van der Waals surface area (Å²) in [5, 5.41) is 8.04. The molecule has 3 N–H and O–H groups in total. The minimum absolute atomic E-state index is 0.163. The van der Waals surface area contributed by atoms with Crippen LogP contribution < -0.4 is 10.0 Å². The minimum Gasteiger partial charge on any atom is -0.468 e. The summed E-state index contributed by atoms with van der Waals surface area (Å²) in [4.78, 5) is 23.4. The number of aryl methyl sites for hydroxylation is 2. The molecule has 2 rings (SSSR count). The number of carbonyl (C=O) groups is 2. The van der Waals surface area contributed by atoms with Gasteiger partial charge >= 0.3 is 5.97 Å². The molecule has 0 unspecified atom stereocenters. The molecule has 0 bridgehead atoms. The largest absolute Gasteiger partial charge is 0.468 e. The highest BCUT2D eigenvalue weighted by Gasteiger charge is 2.28. The lowest BCUT2D eigenvalue weighted by Crippen LogP contribution is -2.31. The molecule has 2 aromatic rings. The Morgan fingerprint density at radius 2 is 1.84 bits per heavy atom. The number of H-pyrrole nitrogens is 1. The van der Waals surface area contributed by atoms with Crippen molar-refractivity contribution < 1.29 is 22.7 Å². The van der Waals surface area contributed by atoms with Gasteiger partial charge in [0.05, 0.1) is 7.11 Å². The zero-order chi connectivity index (χ0) is 18.6. The maximum Gasteiger partial charge on any atom is 0.325 e. The fourth-order valence-corrected chi connectivity index (χ4v) is 3.23. The molecule has 0 saturated heterocycles. The van der Waals surface area contributed by atoms with Crippen molar-refractivity contribution in [2.75, 3.05) is 18.4 Å². The van der Waals surface area contributed by atoms with E-state index in [2.05, 4.69) is 25.0 Å².